The van der Waals surface area contributed by atoms with E-state index in [0.717, 1.165) is 38.6 Å². The molecule has 2 rings (SSSR count). The lowest BCUT2D eigenvalue weighted by molar-refractivity contribution is -0.139. The Hall–Kier alpha value is -1.30. The highest BCUT2D eigenvalue weighted by Gasteiger charge is 2.40. The van der Waals surface area contributed by atoms with Crippen LogP contribution in [0.25, 0.3) is 0 Å². The van der Waals surface area contributed by atoms with E-state index < -0.39 is 5.97 Å². The zero-order valence-corrected chi connectivity index (χ0v) is 15.5. The summed E-state index contributed by atoms with van der Waals surface area (Å²) in [6.45, 7) is 9.33. The van der Waals surface area contributed by atoms with Gasteiger partial charge in [-0.1, -0.05) is 27.2 Å². The largest absolute Gasteiger partial charge is 0.480 e. The van der Waals surface area contributed by atoms with Crippen LogP contribution in [0.3, 0.4) is 0 Å². The number of hydrogen-bond acceptors (Lipinski definition) is 3. The summed E-state index contributed by atoms with van der Waals surface area (Å²) in [5, 5.41) is 12.1. The molecular weight excluding hydrogens is 306 g/mol. The number of nitrogens with zero attached hydrogens (tertiary/aromatic N) is 2. The molecule has 2 atom stereocenters. The number of carbonyl (C=O) groups is 2. The van der Waals surface area contributed by atoms with Crippen molar-refractivity contribution in [2.45, 2.75) is 84.0 Å². The minimum atomic E-state index is -0.786. The van der Waals surface area contributed by atoms with Crippen LogP contribution in [0.1, 0.15) is 59.8 Å². The molecule has 24 heavy (non-hydrogen) atoms. The molecule has 2 fully saturated rings. The highest BCUT2D eigenvalue weighted by molar-refractivity contribution is 5.76. The van der Waals surface area contributed by atoms with E-state index in [1.807, 2.05) is 11.8 Å². The summed E-state index contributed by atoms with van der Waals surface area (Å²) >= 11 is 0. The average molecular weight is 339 g/mol. The van der Waals surface area contributed by atoms with Crippen molar-refractivity contribution in [2.24, 2.45) is 5.92 Å². The van der Waals surface area contributed by atoms with Gasteiger partial charge in [-0.05, 0) is 45.1 Å². The molecule has 0 heterocycles. The molecule has 0 aromatic carbocycles. The topological polar surface area (TPSA) is 72.9 Å². The second-order valence-corrected chi connectivity index (χ2v) is 7.49. The first kappa shape index (κ1) is 19.0. The summed E-state index contributed by atoms with van der Waals surface area (Å²) in [6.07, 6.45) is 5.00. The number of likely N-dealkylation sites (N-methyl/N-ethyl adjacent to an activating group) is 1. The van der Waals surface area contributed by atoms with Gasteiger partial charge >= 0.3 is 12.0 Å². The number of carboxylic acids is 1. The van der Waals surface area contributed by atoms with Gasteiger partial charge in [0.05, 0.1) is 6.54 Å². The quantitative estimate of drug-likeness (QED) is 0.677. The van der Waals surface area contributed by atoms with Crippen molar-refractivity contribution >= 4 is 12.0 Å². The van der Waals surface area contributed by atoms with E-state index in [9.17, 15) is 9.59 Å². The number of aliphatic carboxylic acids is 1. The van der Waals surface area contributed by atoms with Crippen LogP contribution in [0.2, 0.25) is 0 Å². The lowest BCUT2D eigenvalue weighted by atomic mass is 9.85. The first-order chi connectivity index (χ1) is 11.4. The van der Waals surface area contributed by atoms with Crippen molar-refractivity contribution in [2.75, 3.05) is 13.1 Å². The number of carbonyl (C=O) groups excluding carboxylic acids is 1. The molecular formula is C18H33N3O3. The minimum Gasteiger partial charge on any atom is -0.480 e. The Morgan fingerprint density at radius 3 is 2.25 bits per heavy atom. The Kier molecular flexibility index (Phi) is 6.49. The smallest absolute Gasteiger partial charge is 0.318 e. The van der Waals surface area contributed by atoms with Gasteiger partial charge in [-0.15, -0.1) is 0 Å². The van der Waals surface area contributed by atoms with Crippen LogP contribution in [-0.4, -0.2) is 64.2 Å². The average Bonchev–Trinajstić information content (AvgIpc) is 3.32. The molecule has 0 bridgehead atoms. The Morgan fingerprint density at radius 1 is 1.17 bits per heavy atom. The van der Waals surface area contributed by atoms with Gasteiger partial charge in [-0.25, -0.2) is 4.79 Å². The number of carboxylic acid groups (broad SMARTS) is 1. The maximum Gasteiger partial charge on any atom is 0.318 e. The summed E-state index contributed by atoms with van der Waals surface area (Å²) in [7, 11) is 0. The van der Waals surface area contributed by atoms with E-state index in [-0.39, 0.29) is 30.7 Å². The molecule has 0 aliphatic heterocycles. The molecule has 2 N–H and O–H groups in total. The van der Waals surface area contributed by atoms with E-state index in [2.05, 4.69) is 31.0 Å². The zero-order valence-electron chi connectivity index (χ0n) is 15.5. The molecule has 2 saturated carbocycles. The third-order valence-electron chi connectivity index (χ3n) is 5.78. The Morgan fingerprint density at radius 2 is 1.79 bits per heavy atom. The molecule has 0 saturated heterocycles. The highest BCUT2D eigenvalue weighted by atomic mass is 16.4. The molecule has 6 nitrogen and oxygen atoms in total. The van der Waals surface area contributed by atoms with Crippen molar-refractivity contribution in [3.63, 3.8) is 0 Å². The fraction of sp³-hybridized carbons (Fsp3) is 0.889. The van der Waals surface area contributed by atoms with Crippen LogP contribution in [0.15, 0.2) is 0 Å². The van der Waals surface area contributed by atoms with Crippen molar-refractivity contribution in [3.05, 3.63) is 0 Å². The molecule has 138 valence electrons. The van der Waals surface area contributed by atoms with E-state index in [1.165, 1.54) is 0 Å². The third-order valence-corrected chi connectivity index (χ3v) is 5.78. The number of rotatable bonds is 9. The second kappa shape index (κ2) is 8.19. The van der Waals surface area contributed by atoms with Crippen LogP contribution < -0.4 is 5.32 Å². The maximum absolute atomic E-state index is 12.7. The summed E-state index contributed by atoms with van der Waals surface area (Å²) in [6, 6.07) is 1.19. The van der Waals surface area contributed by atoms with Crippen molar-refractivity contribution in [3.8, 4) is 0 Å². The van der Waals surface area contributed by atoms with Crippen molar-refractivity contribution < 1.29 is 14.7 Å². The van der Waals surface area contributed by atoms with Crippen LogP contribution in [-0.2, 0) is 4.79 Å². The van der Waals surface area contributed by atoms with Crippen molar-refractivity contribution in [1.29, 1.82) is 0 Å². The second-order valence-electron chi connectivity index (χ2n) is 7.49. The summed E-state index contributed by atoms with van der Waals surface area (Å²) in [4.78, 5) is 27.6. The number of amides is 2. The van der Waals surface area contributed by atoms with Gasteiger partial charge < -0.3 is 15.3 Å². The highest BCUT2D eigenvalue weighted by Crippen LogP contribution is 2.32. The lowest BCUT2D eigenvalue weighted by Gasteiger charge is -2.43. The van der Waals surface area contributed by atoms with Gasteiger partial charge in [0.15, 0.2) is 0 Å². The third kappa shape index (κ3) is 4.62. The van der Waals surface area contributed by atoms with Gasteiger partial charge in [0.1, 0.15) is 0 Å². The fourth-order valence-electron chi connectivity index (χ4n) is 3.58. The molecule has 0 aromatic heterocycles. The molecule has 0 spiro atoms. The molecule has 6 heteroatoms. The monoisotopic (exact) mass is 339 g/mol. The summed E-state index contributed by atoms with van der Waals surface area (Å²) in [5.41, 5.74) is 0. The van der Waals surface area contributed by atoms with E-state index in [0.29, 0.717) is 12.0 Å². The molecule has 2 aliphatic carbocycles. The molecule has 0 aromatic rings. The van der Waals surface area contributed by atoms with Gasteiger partial charge in [-0.3, -0.25) is 9.69 Å². The molecule has 2 unspecified atom stereocenters. The number of urea groups is 1. The van der Waals surface area contributed by atoms with Crippen LogP contribution in [0.4, 0.5) is 4.79 Å². The van der Waals surface area contributed by atoms with Crippen LogP contribution in [0, 0.1) is 5.92 Å². The van der Waals surface area contributed by atoms with Gasteiger partial charge in [0, 0.05) is 24.2 Å². The first-order valence-corrected chi connectivity index (χ1v) is 9.41. The predicted molar refractivity (Wildman–Crippen MR) is 94.0 cm³/mol. The SMILES string of the molecule is CCC(C)C(C)N(C(=O)NC1CC(N(CC)CC(=O)O)C1)C1CC1. The Balaban J connectivity index is 1.83. The Labute approximate surface area is 145 Å². The Bertz CT molecular complexity index is 447. The predicted octanol–water partition coefficient (Wildman–Crippen LogP) is 2.53. The summed E-state index contributed by atoms with van der Waals surface area (Å²) < 4.78 is 0. The lowest BCUT2D eigenvalue weighted by Crippen LogP contribution is -2.58. The zero-order chi connectivity index (χ0) is 17.9. The van der Waals surface area contributed by atoms with E-state index in [4.69, 9.17) is 5.11 Å². The van der Waals surface area contributed by atoms with Gasteiger partial charge in [0.2, 0.25) is 0 Å². The standard InChI is InChI=1S/C18H33N3O3/c1-5-12(3)13(4)21(15-7-8-15)18(24)19-14-9-16(10-14)20(6-2)11-17(22)23/h12-16H,5-11H2,1-4H3,(H,19,24)(H,22,23). The van der Waals surface area contributed by atoms with Crippen LogP contribution >= 0.6 is 0 Å². The normalized spacial score (nSPS) is 25.7. The van der Waals surface area contributed by atoms with Crippen molar-refractivity contribution in [1.82, 2.24) is 15.1 Å². The molecule has 0 radical (unpaired) electrons. The molecule has 2 aliphatic rings. The van der Waals surface area contributed by atoms with E-state index in [1.54, 1.807) is 0 Å². The maximum atomic E-state index is 12.7. The molecule has 2 amide bonds. The minimum absolute atomic E-state index is 0.0648. The number of nitrogens with one attached hydrogen (secondary N) is 1. The van der Waals surface area contributed by atoms with Gasteiger partial charge in [-0.2, -0.15) is 0 Å². The van der Waals surface area contributed by atoms with Crippen LogP contribution in [0.5, 0.6) is 0 Å². The van der Waals surface area contributed by atoms with E-state index >= 15 is 0 Å². The fourth-order valence-corrected chi connectivity index (χ4v) is 3.58. The number of hydrogen-bond donors (Lipinski definition) is 2. The summed E-state index contributed by atoms with van der Waals surface area (Å²) in [5.74, 6) is -0.289. The first-order valence-electron chi connectivity index (χ1n) is 9.41. The van der Waals surface area contributed by atoms with Gasteiger partial charge in [0.25, 0.3) is 0 Å².